The van der Waals surface area contributed by atoms with E-state index in [1.807, 2.05) is 0 Å². The average Bonchev–Trinajstić information content (AvgIpc) is 3.02. The van der Waals surface area contributed by atoms with Gasteiger partial charge in [0.05, 0.1) is 26.9 Å². The third-order valence-electron chi connectivity index (χ3n) is 3.28. The maximum absolute atomic E-state index is 6.41. The Morgan fingerprint density at radius 1 is 1.00 bits per heavy atom. The molecule has 1 aromatic carbocycles. The van der Waals surface area contributed by atoms with Crippen LogP contribution in [0.5, 0.6) is 17.2 Å². The van der Waals surface area contributed by atoms with Crippen LogP contribution in [0.1, 0.15) is 0 Å². The molecule has 7 nitrogen and oxygen atoms in total. The first-order chi connectivity index (χ1) is 11.1. The second kappa shape index (κ2) is 6.10. The van der Waals surface area contributed by atoms with E-state index < -0.39 is 0 Å². The molecule has 0 N–H and O–H groups in total. The van der Waals surface area contributed by atoms with Gasteiger partial charge in [0.25, 0.3) is 5.78 Å². The van der Waals surface area contributed by atoms with E-state index in [-0.39, 0.29) is 10.3 Å². The number of rotatable bonds is 4. The largest absolute Gasteiger partial charge is 0.493 e. The number of nitrogens with zero attached hydrogens (tertiary/aromatic N) is 4. The van der Waals surface area contributed by atoms with Crippen molar-refractivity contribution in [3.8, 4) is 28.4 Å². The number of ether oxygens (including phenoxy) is 3. The molecule has 0 saturated heterocycles. The van der Waals surface area contributed by atoms with E-state index in [1.165, 1.54) is 32.2 Å². The molecule has 3 aromatic rings. The van der Waals surface area contributed by atoms with Gasteiger partial charge in [0.2, 0.25) is 5.75 Å². The van der Waals surface area contributed by atoms with Crippen LogP contribution in [0.4, 0.5) is 0 Å². The minimum atomic E-state index is 0.199. The summed E-state index contributed by atoms with van der Waals surface area (Å²) in [7, 11) is 4.59. The number of methoxy groups -OCH3 is 3. The van der Waals surface area contributed by atoms with Gasteiger partial charge in [0.15, 0.2) is 11.5 Å². The van der Waals surface area contributed by atoms with Crippen molar-refractivity contribution in [1.29, 1.82) is 0 Å². The molecule has 9 heteroatoms. The van der Waals surface area contributed by atoms with Crippen molar-refractivity contribution in [2.24, 2.45) is 0 Å². The Labute approximate surface area is 141 Å². The zero-order valence-corrected chi connectivity index (χ0v) is 14.0. The fourth-order valence-electron chi connectivity index (χ4n) is 2.25. The van der Waals surface area contributed by atoms with Gasteiger partial charge in [-0.25, -0.2) is 0 Å². The first-order valence-corrected chi connectivity index (χ1v) is 7.21. The smallest absolute Gasteiger partial charge is 0.255 e. The molecule has 23 heavy (non-hydrogen) atoms. The highest BCUT2D eigenvalue weighted by Crippen LogP contribution is 2.44. The molecule has 2 aromatic heterocycles. The zero-order chi connectivity index (χ0) is 16.6. The minimum Gasteiger partial charge on any atom is -0.493 e. The lowest BCUT2D eigenvalue weighted by Crippen LogP contribution is -1.99. The summed E-state index contributed by atoms with van der Waals surface area (Å²) < 4.78 is 17.4. The lowest BCUT2D eigenvalue weighted by molar-refractivity contribution is 0.324. The Balaban J connectivity index is 2.30. The normalized spacial score (nSPS) is 10.8. The van der Waals surface area contributed by atoms with Crippen LogP contribution in [0.3, 0.4) is 0 Å². The molecule has 0 spiro atoms. The van der Waals surface area contributed by atoms with Gasteiger partial charge >= 0.3 is 0 Å². The summed E-state index contributed by atoms with van der Waals surface area (Å²) >= 11 is 12.7. The molecule has 0 fully saturated rings. The molecule has 3 rings (SSSR count). The standard InChI is InChI=1S/C14H12Cl2N4O3/c1-21-8-4-7(5-9(22-2)11(8)23-3)10-12(15)19-14-17-6-18-20(14)13(10)16/h4-6H,1-3H3. The molecule has 0 amide bonds. The van der Waals surface area contributed by atoms with E-state index in [0.29, 0.717) is 34.2 Å². The van der Waals surface area contributed by atoms with Crippen molar-refractivity contribution in [1.82, 2.24) is 19.6 Å². The quantitative estimate of drug-likeness (QED) is 0.670. The summed E-state index contributed by atoms with van der Waals surface area (Å²) in [6, 6.07) is 3.47. The summed E-state index contributed by atoms with van der Waals surface area (Å²) in [5.41, 5.74) is 1.14. The predicted molar refractivity (Wildman–Crippen MR) is 85.9 cm³/mol. The molecule has 0 aliphatic heterocycles. The zero-order valence-electron chi connectivity index (χ0n) is 12.5. The maximum atomic E-state index is 6.41. The average molecular weight is 355 g/mol. The minimum absolute atomic E-state index is 0.199. The lowest BCUT2D eigenvalue weighted by Gasteiger charge is -2.15. The number of aromatic nitrogens is 4. The van der Waals surface area contributed by atoms with Crippen molar-refractivity contribution in [3.05, 3.63) is 28.8 Å². The van der Waals surface area contributed by atoms with E-state index in [4.69, 9.17) is 37.4 Å². The summed E-state index contributed by atoms with van der Waals surface area (Å²) in [4.78, 5) is 8.16. The van der Waals surface area contributed by atoms with E-state index in [0.717, 1.165) is 0 Å². The number of fused-ring (bicyclic) bond motifs is 1. The fourth-order valence-corrected chi connectivity index (χ4v) is 2.89. The number of benzene rings is 1. The Bertz CT molecular complexity index is 857. The van der Waals surface area contributed by atoms with Crippen LogP contribution in [0, 0.1) is 0 Å². The van der Waals surface area contributed by atoms with Crippen LogP contribution in [0.15, 0.2) is 18.5 Å². The highest BCUT2D eigenvalue weighted by Gasteiger charge is 2.20. The number of halogens is 2. The van der Waals surface area contributed by atoms with E-state index in [1.54, 1.807) is 12.1 Å². The molecule has 0 atom stereocenters. The number of hydrogen-bond acceptors (Lipinski definition) is 6. The van der Waals surface area contributed by atoms with E-state index >= 15 is 0 Å². The Kier molecular flexibility index (Phi) is 4.14. The van der Waals surface area contributed by atoms with E-state index in [9.17, 15) is 0 Å². The van der Waals surface area contributed by atoms with Crippen molar-refractivity contribution < 1.29 is 14.2 Å². The summed E-state index contributed by atoms with van der Waals surface area (Å²) in [5, 5.41) is 4.51. The summed E-state index contributed by atoms with van der Waals surface area (Å²) in [6.45, 7) is 0. The monoisotopic (exact) mass is 354 g/mol. The molecule has 0 bridgehead atoms. The van der Waals surface area contributed by atoms with Crippen LogP contribution in [-0.4, -0.2) is 40.9 Å². The molecule has 120 valence electrons. The topological polar surface area (TPSA) is 70.8 Å². The second-order valence-corrected chi connectivity index (χ2v) is 5.17. The first kappa shape index (κ1) is 15.6. The van der Waals surface area contributed by atoms with Crippen molar-refractivity contribution in [2.75, 3.05) is 21.3 Å². The fraction of sp³-hybridized carbons (Fsp3) is 0.214. The molecule has 0 aliphatic rings. The second-order valence-electron chi connectivity index (χ2n) is 4.45. The maximum Gasteiger partial charge on any atom is 0.255 e. The van der Waals surface area contributed by atoms with Gasteiger partial charge in [0, 0.05) is 0 Å². The van der Waals surface area contributed by atoms with Crippen molar-refractivity contribution in [2.45, 2.75) is 0 Å². The molecular formula is C14H12Cl2N4O3. The third-order valence-corrected chi connectivity index (χ3v) is 3.90. The summed E-state index contributed by atoms with van der Waals surface area (Å²) in [6.07, 6.45) is 1.35. The molecule has 0 unspecified atom stereocenters. The van der Waals surface area contributed by atoms with Crippen LogP contribution in [0.25, 0.3) is 16.9 Å². The van der Waals surface area contributed by atoms with Crippen molar-refractivity contribution >= 4 is 29.0 Å². The molecule has 0 saturated carbocycles. The van der Waals surface area contributed by atoms with Crippen LogP contribution in [-0.2, 0) is 0 Å². The molecule has 0 radical (unpaired) electrons. The highest BCUT2D eigenvalue weighted by atomic mass is 35.5. The molecule has 2 heterocycles. The van der Waals surface area contributed by atoms with Crippen LogP contribution < -0.4 is 14.2 Å². The first-order valence-electron chi connectivity index (χ1n) is 6.45. The Hall–Kier alpha value is -2.25. The van der Waals surface area contributed by atoms with Gasteiger partial charge in [-0.1, -0.05) is 23.2 Å². The molecular weight excluding hydrogens is 343 g/mol. The van der Waals surface area contributed by atoms with E-state index in [2.05, 4.69) is 15.1 Å². The van der Waals surface area contributed by atoms with Gasteiger partial charge in [0.1, 0.15) is 16.6 Å². The van der Waals surface area contributed by atoms with Crippen molar-refractivity contribution in [3.63, 3.8) is 0 Å². The van der Waals surface area contributed by atoms with Crippen LogP contribution >= 0.6 is 23.2 Å². The van der Waals surface area contributed by atoms with Gasteiger partial charge in [-0.3, -0.25) is 0 Å². The highest BCUT2D eigenvalue weighted by molar-refractivity contribution is 6.38. The van der Waals surface area contributed by atoms with Gasteiger partial charge in [-0.2, -0.15) is 19.6 Å². The lowest BCUT2D eigenvalue weighted by atomic mass is 10.1. The SMILES string of the molecule is COc1cc(-c2c(Cl)nc3ncnn3c2Cl)cc(OC)c1OC. The number of hydrogen-bond donors (Lipinski definition) is 0. The van der Waals surface area contributed by atoms with Gasteiger partial charge in [-0.05, 0) is 17.7 Å². The van der Waals surface area contributed by atoms with Crippen LogP contribution in [0.2, 0.25) is 10.3 Å². The van der Waals surface area contributed by atoms with Gasteiger partial charge in [-0.15, -0.1) is 0 Å². The third kappa shape index (κ3) is 2.51. The summed E-state index contributed by atoms with van der Waals surface area (Å²) in [5.74, 6) is 1.75. The predicted octanol–water partition coefficient (Wildman–Crippen LogP) is 3.12. The Morgan fingerprint density at radius 2 is 1.65 bits per heavy atom. The molecule has 0 aliphatic carbocycles. The van der Waals surface area contributed by atoms with Gasteiger partial charge < -0.3 is 14.2 Å². The Morgan fingerprint density at radius 3 is 2.22 bits per heavy atom.